The van der Waals surface area contributed by atoms with E-state index in [1.54, 1.807) is 19.4 Å². The van der Waals surface area contributed by atoms with Crippen LogP contribution in [-0.4, -0.2) is 18.1 Å². The van der Waals surface area contributed by atoms with Gasteiger partial charge in [0.15, 0.2) is 0 Å². The molecule has 22 heavy (non-hydrogen) atoms. The highest BCUT2D eigenvalue weighted by molar-refractivity contribution is 5.70. The topological polar surface area (TPSA) is 34.1 Å². The Morgan fingerprint density at radius 1 is 1.23 bits per heavy atom. The maximum atomic E-state index is 13.3. The third kappa shape index (κ3) is 3.45. The van der Waals surface area contributed by atoms with Gasteiger partial charge < -0.3 is 10.1 Å². The summed E-state index contributed by atoms with van der Waals surface area (Å²) in [5.74, 6) is 0.232. The smallest absolute Gasteiger partial charge is 0.129 e. The number of benzene rings is 1. The van der Waals surface area contributed by atoms with Gasteiger partial charge in [-0.1, -0.05) is 12.8 Å². The Morgan fingerprint density at radius 3 is 2.82 bits per heavy atom. The molecule has 1 saturated carbocycles. The van der Waals surface area contributed by atoms with Gasteiger partial charge >= 0.3 is 0 Å². The highest BCUT2D eigenvalue weighted by Crippen LogP contribution is 2.30. The van der Waals surface area contributed by atoms with Crippen LogP contribution < -0.4 is 10.1 Å². The molecule has 1 aromatic heterocycles. The second kappa shape index (κ2) is 6.88. The number of ether oxygens (including phenoxy) is 1. The molecular formula is C18H21FN2O. The van der Waals surface area contributed by atoms with Crippen LogP contribution in [0.25, 0.3) is 11.1 Å². The Hall–Kier alpha value is -1.94. The van der Waals surface area contributed by atoms with Gasteiger partial charge in [0.05, 0.1) is 7.11 Å². The van der Waals surface area contributed by atoms with E-state index >= 15 is 0 Å². The van der Waals surface area contributed by atoms with Crippen molar-refractivity contribution in [2.45, 2.75) is 38.3 Å². The van der Waals surface area contributed by atoms with E-state index in [0.29, 0.717) is 11.8 Å². The summed E-state index contributed by atoms with van der Waals surface area (Å²) in [5.41, 5.74) is 2.94. The normalized spacial score (nSPS) is 15.2. The number of pyridine rings is 1. The zero-order valence-corrected chi connectivity index (χ0v) is 12.8. The molecule has 1 aliphatic rings. The third-order valence-electron chi connectivity index (χ3n) is 4.22. The lowest BCUT2D eigenvalue weighted by Crippen LogP contribution is -2.25. The first-order chi connectivity index (χ1) is 10.8. The number of hydrogen-bond donors (Lipinski definition) is 1. The molecule has 4 heteroatoms. The fourth-order valence-electron chi connectivity index (χ4n) is 3.03. The lowest BCUT2D eigenvalue weighted by atomic mass is 10.0. The Bertz CT molecular complexity index is 639. The fraction of sp³-hybridized carbons (Fsp3) is 0.389. The van der Waals surface area contributed by atoms with Crippen LogP contribution >= 0.6 is 0 Å². The van der Waals surface area contributed by atoms with E-state index in [1.165, 1.54) is 37.8 Å². The number of hydrogen-bond acceptors (Lipinski definition) is 3. The first kappa shape index (κ1) is 15.0. The fourth-order valence-corrected chi connectivity index (χ4v) is 3.03. The van der Waals surface area contributed by atoms with Gasteiger partial charge in [0.25, 0.3) is 0 Å². The first-order valence-corrected chi connectivity index (χ1v) is 7.77. The van der Waals surface area contributed by atoms with Crippen molar-refractivity contribution in [3.8, 4) is 16.9 Å². The molecule has 0 radical (unpaired) electrons. The second-order valence-electron chi connectivity index (χ2n) is 5.79. The largest absolute Gasteiger partial charge is 0.496 e. The summed E-state index contributed by atoms with van der Waals surface area (Å²) in [4.78, 5) is 4.31. The number of nitrogens with one attached hydrogen (secondary N) is 1. The second-order valence-corrected chi connectivity index (χ2v) is 5.79. The number of rotatable bonds is 5. The number of nitrogens with zero attached hydrogens (tertiary/aromatic N) is 1. The summed E-state index contributed by atoms with van der Waals surface area (Å²) in [6.07, 6.45) is 8.83. The van der Waals surface area contributed by atoms with Gasteiger partial charge in [-0.05, 0) is 36.6 Å². The molecule has 0 amide bonds. The van der Waals surface area contributed by atoms with E-state index in [9.17, 15) is 4.39 Å². The van der Waals surface area contributed by atoms with Gasteiger partial charge in [0.1, 0.15) is 11.6 Å². The molecule has 2 aromatic rings. The molecule has 0 aliphatic heterocycles. The van der Waals surface area contributed by atoms with Crippen LogP contribution in [0.2, 0.25) is 0 Å². The van der Waals surface area contributed by atoms with E-state index in [0.717, 1.165) is 23.2 Å². The zero-order valence-electron chi connectivity index (χ0n) is 12.8. The predicted molar refractivity (Wildman–Crippen MR) is 85.3 cm³/mol. The van der Waals surface area contributed by atoms with Crippen molar-refractivity contribution in [2.24, 2.45) is 0 Å². The van der Waals surface area contributed by atoms with Crippen molar-refractivity contribution in [3.05, 3.63) is 48.0 Å². The minimum atomic E-state index is -0.299. The van der Waals surface area contributed by atoms with Gasteiger partial charge in [-0.2, -0.15) is 0 Å². The molecule has 1 N–H and O–H groups in total. The van der Waals surface area contributed by atoms with Crippen LogP contribution in [-0.2, 0) is 6.54 Å². The van der Waals surface area contributed by atoms with Crippen molar-refractivity contribution < 1.29 is 9.13 Å². The van der Waals surface area contributed by atoms with Crippen molar-refractivity contribution in [1.29, 1.82) is 0 Å². The Labute approximate surface area is 130 Å². The summed E-state index contributed by atoms with van der Waals surface area (Å²) < 4.78 is 18.6. The standard InChI is InChI=1S/C18H21FN2O/c1-22-18-9-15(19)6-7-17(18)14-8-13(10-20-12-14)11-21-16-4-2-3-5-16/h6-10,12,16,21H,2-5,11H2,1H3/i1-1. The van der Waals surface area contributed by atoms with Gasteiger partial charge in [-0.15, -0.1) is 0 Å². The van der Waals surface area contributed by atoms with Crippen LogP contribution in [0.5, 0.6) is 5.75 Å². The van der Waals surface area contributed by atoms with Gasteiger partial charge in [-0.25, -0.2) is 4.39 Å². The molecule has 1 aliphatic carbocycles. The van der Waals surface area contributed by atoms with E-state index in [2.05, 4.69) is 16.4 Å². The van der Waals surface area contributed by atoms with Crippen molar-refractivity contribution in [2.75, 3.05) is 7.11 Å². The van der Waals surface area contributed by atoms with Crippen molar-refractivity contribution >= 4 is 0 Å². The monoisotopic (exact) mass is 299 g/mol. The molecule has 116 valence electrons. The summed E-state index contributed by atoms with van der Waals surface area (Å²) in [6, 6.07) is 7.30. The van der Waals surface area contributed by atoms with Gasteiger partial charge in [0.2, 0.25) is 0 Å². The SMILES string of the molecule is [11CH3]Oc1cc(F)ccc1-c1cncc(CNC2CCCC2)c1. The van der Waals surface area contributed by atoms with E-state index in [-0.39, 0.29) is 5.82 Å². The molecule has 1 aromatic carbocycles. The van der Waals surface area contributed by atoms with Crippen LogP contribution in [0.1, 0.15) is 31.2 Å². The molecule has 1 heterocycles. The number of methoxy groups -OCH3 is 1. The molecule has 0 saturated heterocycles. The van der Waals surface area contributed by atoms with E-state index < -0.39 is 0 Å². The Kier molecular flexibility index (Phi) is 4.68. The quantitative estimate of drug-likeness (QED) is 0.908. The van der Waals surface area contributed by atoms with Crippen molar-refractivity contribution in [1.82, 2.24) is 10.3 Å². The summed E-state index contributed by atoms with van der Waals surface area (Å²) in [6.45, 7) is 0.815. The van der Waals surface area contributed by atoms with E-state index in [4.69, 9.17) is 4.74 Å². The molecule has 3 rings (SSSR count). The molecule has 3 nitrogen and oxygen atoms in total. The maximum Gasteiger partial charge on any atom is 0.129 e. The summed E-state index contributed by atoms with van der Waals surface area (Å²) >= 11 is 0. The maximum absolute atomic E-state index is 13.3. The Balaban J connectivity index is 1.78. The van der Waals surface area contributed by atoms with E-state index in [1.807, 2.05) is 6.20 Å². The molecule has 1 fully saturated rings. The lowest BCUT2D eigenvalue weighted by Gasteiger charge is -2.13. The number of halogens is 1. The highest BCUT2D eigenvalue weighted by Gasteiger charge is 2.14. The minimum Gasteiger partial charge on any atom is -0.496 e. The Morgan fingerprint density at radius 2 is 2.05 bits per heavy atom. The van der Waals surface area contributed by atoms with Crippen LogP contribution in [0.3, 0.4) is 0 Å². The average molecular weight is 299 g/mol. The molecule has 0 unspecified atom stereocenters. The summed E-state index contributed by atoms with van der Waals surface area (Å²) in [5, 5.41) is 3.58. The molecule has 0 spiro atoms. The third-order valence-corrected chi connectivity index (χ3v) is 4.22. The van der Waals surface area contributed by atoms with Gasteiger partial charge in [-0.3, -0.25) is 4.98 Å². The van der Waals surface area contributed by atoms with Gasteiger partial charge in [0, 0.05) is 42.2 Å². The van der Waals surface area contributed by atoms with Crippen LogP contribution in [0.15, 0.2) is 36.7 Å². The zero-order chi connectivity index (χ0) is 15.4. The number of aromatic nitrogens is 1. The van der Waals surface area contributed by atoms with Crippen LogP contribution in [0, 0.1) is 5.82 Å². The summed E-state index contributed by atoms with van der Waals surface area (Å²) in [7, 11) is 1.55. The van der Waals surface area contributed by atoms with Crippen LogP contribution in [0.4, 0.5) is 4.39 Å². The predicted octanol–water partition coefficient (Wildman–Crippen LogP) is 3.93. The minimum absolute atomic E-state index is 0.299. The van der Waals surface area contributed by atoms with Crippen molar-refractivity contribution in [3.63, 3.8) is 0 Å². The lowest BCUT2D eigenvalue weighted by molar-refractivity contribution is 0.413. The first-order valence-electron chi connectivity index (χ1n) is 7.77. The molecule has 0 atom stereocenters. The molecular weight excluding hydrogens is 278 g/mol. The highest BCUT2D eigenvalue weighted by atomic mass is 19.1. The average Bonchev–Trinajstić information content (AvgIpc) is 3.06. The molecule has 0 bridgehead atoms.